The number of methoxy groups -OCH3 is 1. The highest BCUT2D eigenvalue weighted by molar-refractivity contribution is 7.10. The summed E-state index contributed by atoms with van der Waals surface area (Å²) >= 11 is 1.60. The zero-order chi connectivity index (χ0) is 21.7. The minimum Gasteiger partial charge on any atom is -0.504 e. The van der Waals surface area contributed by atoms with Gasteiger partial charge in [0, 0.05) is 34.4 Å². The van der Waals surface area contributed by atoms with Crippen LogP contribution in [0.25, 0.3) is 0 Å². The van der Waals surface area contributed by atoms with E-state index in [0.717, 1.165) is 4.88 Å². The van der Waals surface area contributed by atoms with Gasteiger partial charge in [-0.05, 0) is 35.6 Å². The van der Waals surface area contributed by atoms with Crippen LogP contribution in [0.15, 0.2) is 56.6 Å². The lowest BCUT2D eigenvalue weighted by atomic mass is 9.73. The molecule has 3 heterocycles. The molecule has 3 aromatic rings. The molecule has 31 heavy (non-hydrogen) atoms. The Kier molecular flexibility index (Phi) is 4.55. The molecule has 0 amide bonds. The Labute approximate surface area is 180 Å². The number of nitrogens with one attached hydrogen (secondary N) is 3. The second-order valence-corrected chi connectivity index (χ2v) is 8.60. The minimum atomic E-state index is -0.722. The third-order valence-electron chi connectivity index (χ3n) is 5.82. The van der Waals surface area contributed by atoms with Crippen LogP contribution in [0, 0.1) is 0 Å². The lowest BCUT2D eigenvalue weighted by Crippen LogP contribution is -2.37. The van der Waals surface area contributed by atoms with Crippen LogP contribution >= 0.6 is 11.3 Å². The summed E-state index contributed by atoms with van der Waals surface area (Å²) in [5.74, 6) is -0.298. The van der Waals surface area contributed by atoms with Crippen molar-refractivity contribution in [1.82, 2.24) is 9.97 Å². The maximum atomic E-state index is 13.3. The minimum absolute atomic E-state index is 0.0268. The van der Waals surface area contributed by atoms with Crippen LogP contribution in [0.2, 0.25) is 0 Å². The van der Waals surface area contributed by atoms with E-state index in [4.69, 9.17) is 4.74 Å². The number of benzene rings is 1. The standard InChI is InChI=1S/C22H19N3O5S/c1-30-15-5-4-10(8-13(15)26)17-18-12(23-20-19(17)21(28)25-22(29)24-20)7-11(9-14(18)27)16-3-2-6-31-16/h2-6,8,11,17,26H,7,9H2,1H3,(H3,23,24,25,28,29). The number of phenolic OH excluding ortho intramolecular Hbond substituents is 1. The maximum absolute atomic E-state index is 13.3. The summed E-state index contributed by atoms with van der Waals surface area (Å²) in [4.78, 5) is 44.1. The molecule has 1 aliphatic carbocycles. The van der Waals surface area contributed by atoms with Gasteiger partial charge in [-0.2, -0.15) is 0 Å². The van der Waals surface area contributed by atoms with E-state index in [1.807, 2.05) is 17.5 Å². The largest absolute Gasteiger partial charge is 0.504 e. The number of H-pyrrole nitrogens is 2. The predicted molar refractivity (Wildman–Crippen MR) is 116 cm³/mol. The lowest BCUT2D eigenvalue weighted by Gasteiger charge is -2.35. The number of ether oxygens (including phenoxy) is 1. The molecular weight excluding hydrogens is 418 g/mol. The number of ketones is 1. The molecule has 2 aliphatic rings. The molecule has 158 valence electrons. The second-order valence-electron chi connectivity index (χ2n) is 7.62. The topological polar surface area (TPSA) is 124 Å². The second kappa shape index (κ2) is 7.28. The van der Waals surface area contributed by atoms with Crippen molar-refractivity contribution in [1.29, 1.82) is 0 Å². The normalized spacial score (nSPS) is 20.1. The number of aromatic nitrogens is 2. The van der Waals surface area contributed by atoms with Gasteiger partial charge in [0.1, 0.15) is 5.82 Å². The Morgan fingerprint density at radius 1 is 1.13 bits per heavy atom. The van der Waals surface area contributed by atoms with E-state index in [1.54, 1.807) is 23.5 Å². The zero-order valence-corrected chi connectivity index (χ0v) is 17.3. The quantitative estimate of drug-likeness (QED) is 0.500. The van der Waals surface area contributed by atoms with Crippen LogP contribution in [-0.4, -0.2) is 28.0 Å². The molecule has 2 aromatic heterocycles. The average Bonchev–Trinajstić information content (AvgIpc) is 3.27. The van der Waals surface area contributed by atoms with E-state index in [-0.39, 0.29) is 34.6 Å². The van der Waals surface area contributed by atoms with Crippen LogP contribution in [0.3, 0.4) is 0 Å². The molecule has 4 N–H and O–H groups in total. The van der Waals surface area contributed by atoms with E-state index >= 15 is 0 Å². The Bertz CT molecular complexity index is 1340. The molecule has 2 unspecified atom stereocenters. The summed E-state index contributed by atoms with van der Waals surface area (Å²) < 4.78 is 5.12. The number of carbonyl (C=O) groups is 1. The van der Waals surface area contributed by atoms with Crippen molar-refractivity contribution in [2.45, 2.75) is 24.7 Å². The number of fused-ring (bicyclic) bond motifs is 1. The van der Waals surface area contributed by atoms with Crippen LogP contribution < -0.4 is 21.3 Å². The lowest BCUT2D eigenvalue weighted by molar-refractivity contribution is -0.116. The highest BCUT2D eigenvalue weighted by Crippen LogP contribution is 2.47. The van der Waals surface area contributed by atoms with Crippen LogP contribution in [0.1, 0.15) is 40.7 Å². The van der Waals surface area contributed by atoms with Gasteiger partial charge in [-0.15, -0.1) is 11.3 Å². The third kappa shape index (κ3) is 3.17. The summed E-state index contributed by atoms with van der Waals surface area (Å²) in [7, 11) is 1.44. The van der Waals surface area contributed by atoms with E-state index < -0.39 is 17.2 Å². The molecule has 0 saturated heterocycles. The Morgan fingerprint density at radius 2 is 1.97 bits per heavy atom. The fourth-order valence-corrected chi connectivity index (χ4v) is 5.32. The van der Waals surface area contributed by atoms with Gasteiger partial charge in [0.2, 0.25) is 0 Å². The monoisotopic (exact) mass is 437 g/mol. The van der Waals surface area contributed by atoms with Gasteiger partial charge in [0.25, 0.3) is 5.56 Å². The number of thiophene rings is 1. The summed E-state index contributed by atoms with van der Waals surface area (Å²) in [5, 5.41) is 15.4. The van der Waals surface area contributed by atoms with Crippen molar-refractivity contribution in [3.63, 3.8) is 0 Å². The third-order valence-corrected chi connectivity index (χ3v) is 6.86. The molecule has 5 rings (SSSR count). The number of allylic oxidation sites excluding steroid dienone is 2. The van der Waals surface area contributed by atoms with E-state index in [9.17, 15) is 19.5 Å². The molecule has 0 spiro atoms. The first-order valence-electron chi connectivity index (χ1n) is 9.76. The summed E-state index contributed by atoms with van der Waals surface area (Å²) in [6.07, 6.45) is 0.907. The van der Waals surface area contributed by atoms with E-state index in [1.165, 1.54) is 13.2 Å². The molecule has 1 aromatic carbocycles. The molecular formula is C22H19N3O5S. The first kappa shape index (κ1) is 19.4. The molecule has 1 aliphatic heterocycles. The van der Waals surface area contributed by atoms with E-state index in [0.29, 0.717) is 29.7 Å². The fourth-order valence-electron chi connectivity index (χ4n) is 4.49. The van der Waals surface area contributed by atoms with Gasteiger partial charge in [0.15, 0.2) is 17.3 Å². The van der Waals surface area contributed by atoms with Gasteiger partial charge in [-0.3, -0.25) is 19.6 Å². The number of aromatic amines is 2. The predicted octanol–water partition coefficient (Wildman–Crippen LogP) is 2.80. The van der Waals surface area contributed by atoms with Gasteiger partial charge in [-0.1, -0.05) is 12.1 Å². The van der Waals surface area contributed by atoms with Crippen LogP contribution in [0.4, 0.5) is 5.82 Å². The number of carbonyl (C=O) groups excluding carboxylic acids is 1. The first-order valence-corrected chi connectivity index (χ1v) is 10.6. The first-order chi connectivity index (χ1) is 15.0. The zero-order valence-electron chi connectivity index (χ0n) is 16.5. The number of rotatable bonds is 3. The number of Topliss-reactive ketones (excluding diaryl/α,β-unsaturated/α-hetero) is 1. The maximum Gasteiger partial charge on any atom is 0.327 e. The van der Waals surface area contributed by atoms with Crippen molar-refractivity contribution in [2.75, 3.05) is 12.4 Å². The van der Waals surface area contributed by atoms with Crippen LogP contribution in [-0.2, 0) is 4.79 Å². The molecule has 8 nitrogen and oxygen atoms in total. The van der Waals surface area contributed by atoms with Gasteiger partial charge in [0.05, 0.1) is 12.7 Å². The number of aromatic hydroxyl groups is 1. The van der Waals surface area contributed by atoms with Crippen molar-refractivity contribution in [2.24, 2.45) is 0 Å². The van der Waals surface area contributed by atoms with Gasteiger partial charge >= 0.3 is 5.69 Å². The van der Waals surface area contributed by atoms with E-state index in [2.05, 4.69) is 15.3 Å². The molecule has 2 atom stereocenters. The molecule has 0 saturated carbocycles. The number of hydrogen-bond donors (Lipinski definition) is 4. The number of phenols is 1. The number of hydrogen-bond acceptors (Lipinski definition) is 7. The van der Waals surface area contributed by atoms with Crippen molar-refractivity contribution < 1.29 is 14.6 Å². The van der Waals surface area contributed by atoms with Crippen LogP contribution in [0.5, 0.6) is 11.5 Å². The Balaban J connectivity index is 1.70. The SMILES string of the molecule is COc1ccc(C2C3=C(CC(c4cccs4)CC3=O)Nc3[nH]c(=O)[nH]c(=O)c32)cc1O. The van der Waals surface area contributed by atoms with Gasteiger partial charge in [-0.25, -0.2) is 4.79 Å². The summed E-state index contributed by atoms with van der Waals surface area (Å²) in [5.41, 5.74) is 0.769. The van der Waals surface area contributed by atoms with Crippen molar-refractivity contribution in [3.05, 3.63) is 83.8 Å². The fraction of sp³-hybridized carbons (Fsp3) is 0.227. The smallest absolute Gasteiger partial charge is 0.327 e. The molecule has 0 bridgehead atoms. The summed E-state index contributed by atoms with van der Waals surface area (Å²) in [6, 6.07) is 8.77. The average molecular weight is 437 g/mol. The molecule has 9 heteroatoms. The highest BCUT2D eigenvalue weighted by atomic mass is 32.1. The summed E-state index contributed by atoms with van der Waals surface area (Å²) in [6.45, 7) is 0. The van der Waals surface area contributed by atoms with Crippen molar-refractivity contribution in [3.8, 4) is 11.5 Å². The number of anilines is 1. The Morgan fingerprint density at radius 3 is 2.68 bits per heavy atom. The van der Waals surface area contributed by atoms with Gasteiger partial charge < -0.3 is 15.2 Å². The Hall–Kier alpha value is -3.59. The van der Waals surface area contributed by atoms with Crippen molar-refractivity contribution >= 4 is 22.9 Å². The molecule has 0 radical (unpaired) electrons. The molecule has 0 fully saturated rings. The highest BCUT2D eigenvalue weighted by Gasteiger charge is 2.40.